The lowest BCUT2D eigenvalue weighted by Crippen LogP contribution is -2.20. The van der Waals surface area contributed by atoms with Gasteiger partial charge in [0.15, 0.2) is 5.75 Å². The van der Waals surface area contributed by atoms with Crippen LogP contribution in [-0.2, 0) is 25.9 Å². The maximum atomic E-state index is 12.5. The number of hydrogen-bond donors (Lipinski definition) is 0. The van der Waals surface area contributed by atoms with Crippen LogP contribution in [0.15, 0.2) is 18.2 Å². The first-order valence-electron chi connectivity index (χ1n) is 5.48. The molecule has 0 saturated carbocycles. The SMILES string of the molecule is O=[N+]([O-])c1cc(C(F)(F)F)ccc1OC[C@@H]1CO[S@](=O)O1. The lowest BCUT2D eigenvalue weighted by molar-refractivity contribution is -0.386. The van der Waals surface area contributed by atoms with Crippen molar-refractivity contribution in [2.24, 2.45) is 0 Å². The molecular weight excluding hydrogens is 319 g/mol. The molecular formula is C10H8F3NO6S. The molecule has 1 saturated heterocycles. The van der Waals surface area contributed by atoms with Gasteiger partial charge in [-0.05, 0) is 12.1 Å². The maximum Gasteiger partial charge on any atom is 0.416 e. The second-order valence-electron chi connectivity index (χ2n) is 3.96. The monoisotopic (exact) mass is 327 g/mol. The van der Waals surface area contributed by atoms with Gasteiger partial charge < -0.3 is 4.74 Å². The fourth-order valence-electron chi connectivity index (χ4n) is 1.52. The Morgan fingerprint density at radius 2 is 2.19 bits per heavy atom. The summed E-state index contributed by atoms with van der Waals surface area (Å²) in [6, 6.07) is 1.92. The van der Waals surface area contributed by atoms with Gasteiger partial charge in [-0.2, -0.15) is 17.4 Å². The number of rotatable bonds is 4. The summed E-state index contributed by atoms with van der Waals surface area (Å²) in [5.74, 6) is -0.339. The third-order valence-corrected chi connectivity index (χ3v) is 3.23. The van der Waals surface area contributed by atoms with Gasteiger partial charge in [0.1, 0.15) is 12.7 Å². The average Bonchev–Trinajstić information content (AvgIpc) is 2.80. The predicted molar refractivity (Wildman–Crippen MR) is 62.6 cm³/mol. The van der Waals surface area contributed by atoms with Gasteiger partial charge >= 0.3 is 23.2 Å². The van der Waals surface area contributed by atoms with E-state index in [1.54, 1.807) is 0 Å². The molecule has 0 aliphatic carbocycles. The Morgan fingerprint density at radius 1 is 1.48 bits per heavy atom. The van der Waals surface area contributed by atoms with Gasteiger partial charge in [0, 0.05) is 6.07 Å². The van der Waals surface area contributed by atoms with Crippen LogP contribution in [-0.4, -0.2) is 28.4 Å². The van der Waals surface area contributed by atoms with Crippen molar-refractivity contribution in [3.05, 3.63) is 33.9 Å². The van der Waals surface area contributed by atoms with Gasteiger partial charge in [-0.3, -0.25) is 18.5 Å². The van der Waals surface area contributed by atoms with Crippen LogP contribution in [0.5, 0.6) is 5.75 Å². The molecule has 1 fully saturated rings. The number of nitro benzene ring substituents is 1. The second kappa shape index (κ2) is 5.95. The van der Waals surface area contributed by atoms with Gasteiger partial charge in [-0.25, -0.2) is 0 Å². The van der Waals surface area contributed by atoms with E-state index in [1.807, 2.05) is 0 Å². The van der Waals surface area contributed by atoms with Gasteiger partial charge in [-0.1, -0.05) is 0 Å². The van der Waals surface area contributed by atoms with Crippen molar-refractivity contribution < 1.29 is 35.4 Å². The smallest absolute Gasteiger partial charge is 0.416 e. The van der Waals surface area contributed by atoms with Gasteiger partial charge in [0.2, 0.25) is 0 Å². The summed E-state index contributed by atoms with van der Waals surface area (Å²) < 4.78 is 62.7. The van der Waals surface area contributed by atoms with E-state index in [-0.39, 0.29) is 19.0 Å². The van der Waals surface area contributed by atoms with Crippen molar-refractivity contribution in [1.82, 2.24) is 0 Å². The minimum atomic E-state index is -4.69. The number of hydrogen-bond acceptors (Lipinski definition) is 6. The molecule has 0 unspecified atom stereocenters. The number of alkyl halides is 3. The predicted octanol–water partition coefficient (Wildman–Crippen LogP) is 1.99. The lowest BCUT2D eigenvalue weighted by atomic mass is 10.2. The zero-order valence-electron chi connectivity index (χ0n) is 10.2. The summed E-state index contributed by atoms with van der Waals surface area (Å²) in [6.45, 7) is -0.279. The largest absolute Gasteiger partial charge is 0.484 e. The molecule has 0 aromatic heterocycles. The molecule has 21 heavy (non-hydrogen) atoms. The first-order chi connectivity index (χ1) is 9.77. The number of nitro groups is 1. The molecule has 7 nitrogen and oxygen atoms in total. The molecule has 2 rings (SSSR count). The van der Waals surface area contributed by atoms with E-state index < -0.39 is 39.8 Å². The number of nitrogens with zero attached hydrogens (tertiary/aromatic N) is 1. The fraction of sp³-hybridized carbons (Fsp3) is 0.400. The molecule has 2 atom stereocenters. The molecule has 116 valence electrons. The Bertz CT molecular complexity index is 578. The maximum absolute atomic E-state index is 12.5. The summed E-state index contributed by atoms with van der Waals surface area (Å²) in [5, 5.41) is 10.8. The Balaban J connectivity index is 2.15. The van der Waals surface area contributed by atoms with Crippen LogP contribution >= 0.6 is 0 Å². The molecule has 0 radical (unpaired) electrons. The van der Waals surface area contributed by atoms with Gasteiger partial charge in [-0.15, -0.1) is 0 Å². The van der Waals surface area contributed by atoms with Crippen molar-refractivity contribution in [2.75, 3.05) is 13.2 Å². The zero-order valence-corrected chi connectivity index (χ0v) is 11.0. The van der Waals surface area contributed by atoms with Crippen LogP contribution in [0, 0.1) is 10.1 Å². The van der Waals surface area contributed by atoms with Crippen LogP contribution in [0.2, 0.25) is 0 Å². The van der Waals surface area contributed by atoms with E-state index in [4.69, 9.17) is 8.92 Å². The molecule has 1 aromatic rings. The highest BCUT2D eigenvalue weighted by molar-refractivity contribution is 7.75. The Morgan fingerprint density at radius 3 is 2.71 bits per heavy atom. The minimum Gasteiger partial charge on any atom is -0.484 e. The molecule has 0 N–H and O–H groups in total. The molecule has 1 aliphatic heterocycles. The molecule has 0 bridgehead atoms. The quantitative estimate of drug-likeness (QED) is 0.621. The number of ether oxygens (including phenoxy) is 1. The molecule has 11 heteroatoms. The molecule has 1 aliphatic rings. The van der Waals surface area contributed by atoms with Crippen molar-refractivity contribution in [3.8, 4) is 5.75 Å². The van der Waals surface area contributed by atoms with Crippen molar-refractivity contribution in [2.45, 2.75) is 12.3 Å². The minimum absolute atomic E-state index is 0.0406. The summed E-state index contributed by atoms with van der Waals surface area (Å²) in [7, 11) is 0. The highest BCUT2D eigenvalue weighted by atomic mass is 32.2. The normalized spacial score (nSPS) is 22.2. The molecule has 1 aromatic carbocycles. The van der Waals surface area contributed by atoms with Gasteiger partial charge in [0.05, 0.1) is 17.1 Å². The summed E-state index contributed by atoms with van der Waals surface area (Å²) in [5.41, 5.74) is -1.96. The first kappa shape index (κ1) is 15.7. The third kappa shape index (κ3) is 3.89. The highest BCUT2D eigenvalue weighted by Crippen LogP contribution is 2.36. The zero-order chi connectivity index (χ0) is 15.6. The van der Waals surface area contributed by atoms with Crippen LogP contribution in [0.25, 0.3) is 0 Å². The fourth-order valence-corrected chi connectivity index (χ4v) is 2.17. The van der Waals surface area contributed by atoms with Crippen molar-refractivity contribution in [3.63, 3.8) is 0 Å². The third-order valence-electron chi connectivity index (χ3n) is 2.47. The van der Waals surface area contributed by atoms with E-state index in [9.17, 15) is 27.5 Å². The second-order valence-corrected chi connectivity index (χ2v) is 4.79. The van der Waals surface area contributed by atoms with E-state index >= 15 is 0 Å². The number of halogens is 3. The molecule has 0 amide bonds. The Kier molecular flexibility index (Phi) is 4.44. The summed E-state index contributed by atoms with van der Waals surface area (Å²) >= 11 is -1.90. The van der Waals surface area contributed by atoms with Crippen molar-refractivity contribution in [1.29, 1.82) is 0 Å². The van der Waals surface area contributed by atoms with E-state index in [2.05, 4.69) is 4.18 Å². The molecule has 0 spiro atoms. The van der Waals surface area contributed by atoms with E-state index in [0.717, 1.165) is 6.07 Å². The average molecular weight is 327 g/mol. The van der Waals surface area contributed by atoms with Crippen molar-refractivity contribution >= 4 is 17.0 Å². The van der Waals surface area contributed by atoms with Crippen LogP contribution in [0.3, 0.4) is 0 Å². The Hall–Kier alpha value is -1.72. The first-order valence-corrected chi connectivity index (χ1v) is 6.48. The van der Waals surface area contributed by atoms with Crippen LogP contribution < -0.4 is 4.74 Å². The van der Waals surface area contributed by atoms with Gasteiger partial charge in [0.25, 0.3) is 0 Å². The lowest BCUT2D eigenvalue weighted by Gasteiger charge is -2.11. The Labute approximate surface area is 118 Å². The van der Waals surface area contributed by atoms with Crippen LogP contribution in [0.1, 0.15) is 5.56 Å². The summed E-state index contributed by atoms with van der Waals surface area (Å²) in [6.07, 6.45) is -5.41. The number of benzene rings is 1. The van der Waals surface area contributed by atoms with E-state index in [0.29, 0.717) is 12.1 Å². The summed E-state index contributed by atoms with van der Waals surface area (Å²) in [4.78, 5) is 9.83. The van der Waals surface area contributed by atoms with E-state index in [1.165, 1.54) is 0 Å². The highest BCUT2D eigenvalue weighted by Gasteiger charge is 2.33. The molecule has 1 heterocycles. The standard InChI is InChI=1S/C10H8F3NO6S/c11-10(12,13)6-1-2-9(8(3-6)14(15)16)18-4-7-5-19-21(17)20-7/h1-3,7H,4-5H2/t7-,21+/m1/s1. The van der Waals surface area contributed by atoms with Crippen LogP contribution in [0.4, 0.5) is 18.9 Å². The topological polar surface area (TPSA) is 87.9 Å².